The second-order valence-electron chi connectivity index (χ2n) is 4.69. The highest BCUT2D eigenvalue weighted by Gasteiger charge is 2.19. The van der Waals surface area contributed by atoms with E-state index in [1.807, 2.05) is 13.8 Å². The Bertz CT molecular complexity index is 498. The molecule has 0 heterocycles. The second kappa shape index (κ2) is 7.98. The first kappa shape index (κ1) is 17.4. The number of benzene rings is 1. The smallest absolute Gasteiger partial charge is 0.242 e. The zero-order valence-electron chi connectivity index (χ0n) is 12.5. The number of halogens is 2. The van der Waals surface area contributed by atoms with Crippen LogP contribution in [0.1, 0.15) is 19.4 Å². The Hall–Kier alpha value is -1.62. The van der Waals surface area contributed by atoms with E-state index in [-0.39, 0.29) is 35.4 Å². The maximum absolute atomic E-state index is 13.6. The molecule has 4 nitrogen and oxygen atoms in total. The molecule has 0 atom stereocenters. The number of carbonyl (C=O) groups excluding carboxylic acids is 2. The predicted molar refractivity (Wildman–Crippen MR) is 80.7 cm³/mol. The summed E-state index contributed by atoms with van der Waals surface area (Å²) in [5.41, 5.74) is 0.159. The third kappa shape index (κ3) is 4.70. The molecule has 0 aliphatic heterocycles. The monoisotopic (exact) mass is 314 g/mol. The minimum Gasteiger partial charge on any atom is -0.342 e. The summed E-state index contributed by atoms with van der Waals surface area (Å²) in [6, 6.07) is 4.28. The molecule has 116 valence electrons. The lowest BCUT2D eigenvalue weighted by atomic mass is 10.1. The molecule has 0 unspecified atom stereocenters. The first-order chi connectivity index (χ1) is 9.90. The number of rotatable bonds is 6. The van der Waals surface area contributed by atoms with Crippen LogP contribution in [0.2, 0.25) is 5.02 Å². The van der Waals surface area contributed by atoms with Crippen LogP contribution in [-0.2, 0) is 16.0 Å². The van der Waals surface area contributed by atoms with Gasteiger partial charge in [-0.3, -0.25) is 9.59 Å². The van der Waals surface area contributed by atoms with Gasteiger partial charge in [-0.05, 0) is 26.0 Å². The number of hydrogen-bond acceptors (Lipinski definition) is 2. The van der Waals surface area contributed by atoms with Crippen LogP contribution in [0.4, 0.5) is 4.39 Å². The Balaban J connectivity index is 2.69. The van der Waals surface area contributed by atoms with Crippen molar-refractivity contribution in [3.8, 4) is 0 Å². The van der Waals surface area contributed by atoms with Gasteiger partial charge in [0.25, 0.3) is 0 Å². The summed E-state index contributed by atoms with van der Waals surface area (Å²) in [6.45, 7) is 4.92. The van der Waals surface area contributed by atoms with Crippen molar-refractivity contribution in [3.05, 3.63) is 34.6 Å². The number of likely N-dealkylation sites (N-methyl/N-ethyl adjacent to an activating group) is 2. The highest BCUT2D eigenvalue weighted by Crippen LogP contribution is 2.19. The molecule has 0 aromatic heterocycles. The van der Waals surface area contributed by atoms with E-state index in [0.29, 0.717) is 13.1 Å². The van der Waals surface area contributed by atoms with Gasteiger partial charge in [0.05, 0.1) is 13.0 Å². The SMILES string of the molecule is CCN(CC)C(=O)CN(C)C(=O)Cc1c(F)cccc1Cl. The quantitative estimate of drug-likeness (QED) is 0.808. The fourth-order valence-corrected chi connectivity index (χ4v) is 2.18. The molecule has 1 aromatic carbocycles. The maximum atomic E-state index is 13.6. The maximum Gasteiger partial charge on any atom is 0.242 e. The number of hydrogen-bond donors (Lipinski definition) is 0. The van der Waals surface area contributed by atoms with Crippen molar-refractivity contribution in [2.45, 2.75) is 20.3 Å². The van der Waals surface area contributed by atoms with Gasteiger partial charge in [0.1, 0.15) is 5.82 Å². The lowest BCUT2D eigenvalue weighted by Gasteiger charge is -2.23. The van der Waals surface area contributed by atoms with Crippen molar-refractivity contribution in [2.24, 2.45) is 0 Å². The summed E-state index contributed by atoms with van der Waals surface area (Å²) >= 11 is 5.89. The molecule has 1 rings (SSSR count). The highest BCUT2D eigenvalue weighted by atomic mass is 35.5. The Morgan fingerprint density at radius 2 is 1.81 bits per heavy atom. The van der Waals surface area contributed by atoms with Gasteiger partial charge in [-0.1, -0.05) is 17.7 Å². The standard InChI is InChI=1S/C15H20ClFN2O2/c1-4-19(5-2)15(21)10-18(3)14(20)9-11-12(16)7-6-8-13(11)17/h6-8H,4-5,9-10H2,1-3H3. The highest BCUT2D eigenvalue weighted by molar-refractivity contribution is 6.31. The summed E-state index contributed by atoms with van der Waals surface area (Å²) < 4.78 is 13.6. The van der Waals surface area contributed by atoms with E-state index in [9.17, 15) is 14.0 Å². The number of amides is 2. The van der Waals surface area contributed by atoms with Crippen LogP contribution in [0.15, 0.2) is 18.2 Å². The van der Waals surface area contributed by atoms with E-state index in [0.717, 1.165) is 0 Å². The minimum atomic E-state index is -0.515. The van der Waals surface area contributed by atoms with Crippen molar-refractivity contribution in [2.75, 3.05) is 26.7 Å². The van der Waals surface area contributed by atoms with Gasteiger partial charge in [-0.25, -0.2) is 4.39 Å². The van der Waals surface area contributed by atoms with Crippen molar-refractivity contribution in [1.82, 2.24) is 9.80 Å². The Morgan fingerprint density at radius 1 is 1.19 bits per heavy atom. The average molecular weight is 315 g/mol. The number of carbonyl (C=O) groups is 2. The largest absolute Gasteiger partial charge is 0.342 e. The molecule has 0 bridgehead atoms. The molecule has 0 spiro atoms. The molecule has 0 saturated heterocycles. The fourth-order valence-electron chi connectivity index (χ4n) is 1.95. The number of nitrogens with zero attached hydrogens (tertiary/aromatic N) is 2. The van der Waals surface area contributed by atoms with Crippen LogP contribution in [0, 0.1) is 5.82 Å². The van der Waals surface area contributed by atoms with E-state index in [1.54, 1.807) is 4.90 Å². The molecule has 6 heteroatoms. The normalized spacial score (nSPS) is 10.3. The second-order valence-corrected chi connectivity index (χ2v) is 5.10. The lowest BCUT2D eigenvalue weighted by molar-refractivity contribution is -0.138. The van der Waals surface area contributed by atoms with Gasteiger partial charge < -0.3 is 9.80 Å². The van der Waals surface area contributed by atoms with Gasteiger partial charge in [-0.15, -0.1) is 0 Å². The average Bonchev–Trinajstić information content (AvgIpc) is 2.44. The molecule has 2 amide bonds. The predicted octanol–water partition coefficient (Wildman–Crippen LogP) is 2.35. The summed E-state index contributed by atoms with van der Waals surface area (Å²) in [4.78, 5) is 27.0. The van der Waals surface area contributed by atoms with E-state index in [4.69, 9.17) is 11.6 Å². The lowest BCUT2D eigenvalue weighted by Crippen LogP contribution is -2.41. The zero-order chi connectivity index (χ0) is 16.0. The molecule has 0 fully saturated rings. The van der Waals surface area contributed by atoms with Crippen LogP contribution < -0.4 is 0 Å². The van der Waals surface area contributed by atoms with E-state index >= 15 is 0 Å². The van der Waals surface area contributed by atoms with Crippen LogP contribution >= 0.6 is 11.6 Å². The topological polar surface area (TPSA) is 40.6 Å². The van der Waals surface area contributed by atoms with E-state index < -0.39 is 5.82 Å². The Morgan fingerprint density at radius 3 is 2.33 bits per heavy atom. The van der Waals surface area contributed by atoms with Gasteiger partial charge in [0.15, 0.2) is 0 Å². The molecule has 0 N–H and O–H groups in total. The molecule has 0 radical (unpaired) electrons. The van der Waals surface area contributed by atoms with E-state index in [2.05, 4.69) is 0 Å². The molecular formula is C15H20ClFN2O2. The van der Waals surface area contributed by atoms with Crippen molar-refractivity contribution in [1.29, 1.82) is 0 Å². The minimum absolute atomic E-state index is 0.0212. The summed E-state index contributed by atoms with van der Waals surface area (Å²) in [5.74, 6) is -0.989. The van der Waals surface area contributed by atoms with Gasteiger partial charge in [0, 0.05) is 30.7 Å². The summed E-state index contributed by atoms with van der Waals surface area (Å²) in [5, 5.41) is 0.215. The third-order valence-electron chi connectivity index (χ3n) is 3.30. The van der Waals surface area contributed by atoms with Gasteiger partial charge in [0.2, 0.25) is 11.8 Å². The van der Waals surface area contributed by atoms with Gasteiger partial charge >= 0.3 is 0 Å². The first-order valence-corrected chi connectivity index (χ1v) is 7.23. The zero-order valence-corrected chi connectivity index (χ0v) is 13.3. The molecule has 0 saturated carbocycles. The van der Waals surface area contributed by atoms with Crippen LogP contribution in [0.25, 0.3) is 0 Å². The Kier molecular flexibility index (Phi) is 6.62. The van der Waals surface area contributed by atoms with Crippen LogP contribution in [0.3, 0.4) is 0 Å². The molecule has 0 aliphatic carbocycles. The van der Waals surface area contributed by atoms with Crippen molar-refractivity contribution < 1.29 is 14.0 Å². The molecular weight excluding hydrogens is 295 g/mol. The van der Waals surface area contributed by atoms with Crippen LogP contribution in [-0.4, -0.2) is 48.3 Å². The Labute approximate surface area is 129 Å². The fraction of sp³-hybridized carbons (Fsp3) is 0.467. The molecule has 21 heavy (non-hydrogen) atoms. The molecule has 1 aromatic rings. The van der Waals surface area contributed by atoms with Crippen molar-refractivity contribution >= 4 is 23.4 Å². The van der Waals surface area contributed by atoms with E-state index in [1.165, 1.54) is 30.1 Å². The van der Waals surface area contributed by atoms with Crippen molar-refractivity contribution in [3.63, 3.8) is 0 Å². The molecule has 0 aliphatic rings. The van der Waals surface area contributed by atoms with Crippen LogP contribution in [0.5, 0.6) is 0 Å². The first-order valence-electron chi connectivity index (χ1n) is 6.85. The third-order valence-corrected chi connectivity index (χ3v) is 3.66. The van der Waals surface area contributed by atoms with Gasteiger partial charge in [-0.2, -0.15) is 0 Å². The summed E-state index contributed by atoms with van der Waals surface area (Å²) in [7, 11) is 1.53. The summed E-state index contributed by atoms with van der Waals surface area (Å²) in [6.07, 6.45) is -0.159.